The molecule has 0 spiro atoms. The van der Waals surface area contributed by atoms with Crippen LogP contribution in [-0.4, -0.2) is 38.8 Å². The zero-order chi connectivity index (χ0) is 12.9. The van der Waals surface area contributed by atoms with Crippen molar-refractivity contribution in [3.05, 3.63) is 0 Å². The van der Waals surface area contributed by atoms with Gasteiger partial charge in [0.25, 0.3) is 0 Å². The lowest BCUT2D eigenvalue weighted by Crippen LogP contribution is -2.37. The van der Waals surface area contributed by atoms with Gasteiger partial charge < -0.3 is 15.4 Å². The Balaban J connectivity index is 0. The molecule has 0 bridgehead atoms. The van der Waals surface area contributed by atoms with Crippen molar-refractivity contribution in [3.63, 3.8) is 0 Å². The van der Waals surface area contributed by atoms with Crippen LogP contribution >= 0.6 is 24.0 Å². The van der Waals surface area contributed by atoms with E-state index in [1.165, 1.54) is 0 Å². The van der Waals surface area contributed by atoms with Gasteiger partial charge in [0.15, 0.2) is 5.96 Å². The van der Waals surface area contributed by atoms with Gasteiger partial charge in [-0.05, 0) is 19.3 Å². The smallest absolute Gasteiger partial charge is 0.192 e. The third kappa shape index (κ3) is 13.6. The summed E-state index contributed by atoms with van der Waals surface area (Å²) in [5.74, 6) is 3.89. The zero-order valence-corrected chi connectivity index (χ0v) is 14.0. The fraction of sp³-hybridized carbons (Fsp3) is 0.769. The summed E-state index contributed by atoms with van der Waals surface area (Å²) in [5, 5.41) is 6.17. The Bertz CT molecular complexity index is 249. The summed E-state index contributed by atoms with van der Waals surface area (Å²) >= 11 is 0. The Morgan fingerprint density at radius 2 is 2.11 bits per heavy atom. The standard InChI is InChI=1S/C13H25N3O.HI/c1-5-8-15-13(14-6-2)16-9-7-10-17-11-12(3)4;/h1,12H,6-11H2,2-4H3,(H2,14,15,16);1H. The highest BCUT2D eigenvalue weighted by Crippen LogP contribution is 1.93. The van der Waals surface area contributed by atoms with Crippen molar-refractivity contribution in [2.75, 3.05) is 32.8 Å². The Morgan fingerprint density at radius 3 is 2.67 bits per heavy atom. The normalized spacial score (nSPS) is 10.7. The molecule has 0 unspecified atom stereocenters. The number of guanidine groups is 1. The van der Waals surface area contributed by atoms with E-state index in [2.05, 4.69) is 35.4 Å². The van der Waals surface area contributed by atoms with Gasteiger partial charge in [-0.25, -0.2) is 0 Å². The molecule has 0 rings (SSSR count). The van der Waals surface area contributed by atoms with Crippen LogP contribution in [0.5, 0.6) is 0 Å². The van der Waals surface area contributed by atoms with E-state index in [0.29, 0.717) is 12.5 Å². The SMILES string of the molecule is C#CCNC(=NCCCOCC(C)C)NCC.I. The molecular formula is C13H26IN3O. The van der Waals surface area contributed by atoms with Crippen LogP contribution in [0.25, 0.3) is 0 Å². The van der Waals surface area contributed by atoms with Crippen molar-refractivity contribution in [3.8, 4) is 12.3 Å². The Labute approximate surface area is 128 Å². The molecule has 0 heterocycles. The third-order valence-corrected chi connectivity index (χ3v) is 1.87. The quantitative estimate of drug-likeness (QED) is 0.226. The maximum Gasteiger partial charge on any atom is 0.192 e. The van der Waals surface area contributed by atoms with Crippen LogP contribution in [0, 0.1) is 18.3 Å². The molecule has 5 heteroatoms. The maximum atomic E-state index is 5.48. The van der Waals surface area contributed by atoms with Gasteiger partial charge in [0, 0.05) is 26.3 Å². The molecule has 0 aromatic carbocycles. The summed E-state index contributed by atoms with van der Waals surface area (Å²) in [4.78, 5) is 4.39. The summed E-state index contributed by atoms with van der Waals surface area (Å²) in [6.45, 7) is 9.97. The van der Waals surface area contributed by atoms with Gasteiger partial charge in [0.1, 0.15) is 0 Å². The number of ether oxygens (including phenoxy) is 1. The van der Waals surface area contributed by atoms with Gasteiger partial charge in [0.2, 0.25) is 0 Å². The molecule has 0 fully saturated rings. The molecule has 0 radical (unpaired) electrons. The highest BCUT2D eigenvalue weighted by molar-refractivity contribution is 14.0. The van der Waals surface area contributed by atoms with E-state index in [4.69, 9.17) is 11.2 Å². The van der Waals surface area contributed by atoms with Crippen LogP contribution in [0.15, 0.2) is 4.99 Å². The second-order valence-electron chi connectivity index (χ2n) is 4.14. The van der Waals surface area contributed by atoms with Crippen LogP contribution in [0.1, 0.15) is 27.2 Å². The average molecular weight is 367 g/mol. The van der Waals surface area contributed by atoms with E-state index in [0.717, 1.165) is 38.7 Å². The van der Waals surface area contributed by atoms with E-state index in [9.17, 15) is 0 Å². The lowest BCUT2D eigenvalue weighted by molar-refractivity contribution is 0.109. The summed E-state index contributed by atoms with van der Waals surface area (Å²) in [6.07, 6.45) is 6.11. The van der Waals surface area contributed by atoms with Gasteiger partial charge in [0.05, 0.1) is 6.54 Å². The number of nitrogens with one attached hydrogen (secondary N) is 2. The van der Waals surface area contributed by atoms with E-state index < -0.39 is 0 Å². The van der Waals surface area contributed by atoms with E-state index >= 15 is 0 Å². The number of aliphatic imine (C=N–C) groups is 1. The third-order valence-electron chi connectivity index (χ3n) is 1.87. The molecule has 0 amide bonds. The zero-order valence-electron chi connectivity index (χ0n) is 11.7. The first-order valence-corrected chi connectivity index (χ1v) is 6.24. The van der Waals surface area contributed by atoms with Gasteiger partial charge >= 0.3 is 0 Å². The lowest BCUT2D eigenvalue weighted by atomic mass is 10.2. The van der Waals surface area contributed by atoms with Gasteiger partial charge in [-0.1, -0.05) is 19.8 Å². The number of terminal acetylenes is 1. The Morgan fingerprint density at radius 1 is 1.39 bits per heavy atom. The highest BCUT2D eigenvalue weighted by atomic mass is 127. The Hall–Kier alpha value is -0.480. The average Bonchev–Trinajstić information content (AvgIpc) is 2.29. The molecule has 0 saturated heterocycles. The van der Waals surface area contributed by atoms with Crippen LogP contribution in [0.4, 0.5) is 0 Å². The van der Waals surface area contributed by atoms with Crippen LogP contribution < -0.4 is 10.6 Å². The van der Waals surface area contributed by atoms with Crippen molar-refractivity contribution < 1.29 is 4.74 Å². The minimum atomic E-state index is 0. The minimum absolute atomic E-state index is 0. The molecule has 0 atom stereocenters. The molecular weight excluding hydrogens is 341 g/mol. The predicted molar refractivity (Wildman–Crippen MR) is 88.5 cm³/mol. The molecule has 0 saturated carbocycles. The van der Waals surface area contributed by atoms with E-state index in [1.54, 1.807) is 0 Å². The first-order valence-electron chi connectivity index (χ1n) is 6.24. The molecule has 0 aliphatic rings. The van der Waals surface area contributed by atoms with Crippen molar-refractivity contribution in [2.24, 2.45) is 10.9 Å². The fourth-order valence-electron chi connectivity index (χ4n) is 1.15. The lowest BCUT2D eigenvalue weighted by Gasteiger charge is -2.09. The second kappa shape index (κ2) is 14.6. The van der Waals surface area contributed by atoms with Crippen LogP contribution in [0.2, 0.25) is 0 Å². The minimum Gasteiger partial charge on any atom is -0.381 e. The molecule has 4 nitrogen and oxygen atoms in total. The number of halogens is 1. The molecule has 0 aromatic rings. The van der Waals surface area contributed by atoms with Crippen molar-refractivity contribution in [1.29, 1.82) is 0 Å². The van der Waals surface area contributed by atoms with Gasteiger partial charge in [-0.15, -0.1) is 30.4 Å². The summed E-state index contributed by atoms with van der Waals surface area (Å²) in [6, 6.07) is 0. The van der Waals surface area contributed by atoms with Crippen molar-refractivity contribution >= 4 is 29.9 Å². The largest absolute Gasteiger partial charge is 0.381 e. The van der Waals surface area contributed by atoms with Crippen molar-refractivity contribution in [2.45, 2.75) is 27.2 Å². The number of hydrogen-bond acceptors (Lipinski definition) is 2. The molecule has 106 valence electrons. The van der Waals surface area contributed by atoms with Crippen LogP contribution in [0.3, 0.4) is 0 Å². The highest BCUT2D eigenvalue weighted by Gasteiger charge is 1.95. The molecule has 0 aliphatic carbocycles. The molecule has 0 aliphatic heterocycles. The van der Waals surface area contributed by atoms with E-state index in [1.807, 2.05) is 6.92 Å². The topological polar surface area (TPSA) is 45.7 Å². The molecule has 2 N–H and O–H groups in total. The molecule has 18 heavy (non-hydrogen) atoms. The summed E-state index contributed by atoms with van der Waals surface area (Å²) < 4.78 is 5.48. The number of nitrogens with zero attached hydrogens (tertiary/aromatic N) is 1. The number of rotatable bonds is 8. The monoisotopic (exact) mass is 367 g/mol. The molecule has 0 aromatic heterocycles. The van der Waals surface area contributed by atoms with Crippen molar-refractivity contribution in [1.82, 2.24) is 10.6 Å². The Kier molecular flexibility index (Phi) is 16.1. The first-order chi connectivity index (χ1) is 8.20. The van der Waals surface area contributed by atoms with Gasteiger partial charge in [-0.2, -0.15) is 0 Å². The van der Waals surface area contributed by atoms with Gasteiger partial charge in [-0.3, -0.25) is 4.99 Å². The predicted octanol–water partition coefficient (Wildman–Crippen LogP) is 1.86. The van der Waals surface area contributed by atoms with E-state index in [-0.39, 0.29) is 24.0 Å². The van der Waals surface area contributed by atoms with Crippen LogP contribution in [-0.2, 0) is 4.74 Å². The number of hydrogen-bond donors (Lipinski definition) is 2. The summed E-state index contributed by atoms with van der Waals surface area (Å²) in [7, 11) is 0. The fourth-order valence-corrected chi connectivity index (χ4v) is 1.15. The second-order valence-corrected chi connectivity index (χ2v) is 4.14. The first kappa shape index (κ1) is 19.9. The summed E-state index contributed by atoms with van der Waals surface area (Å²) in [5.41, 5.74) is 0. The maximum absolute atomic E-state index is 5.48.